The van der Waals surface area contributed by atoms with Crippen LogP contribution < -0.4 is 10.1 Å². The summed E-state index contributed by atoms with van der Waals surface area (Å²) in [6.45, 7) is 5.69. The lowest BCUT2D eigenvalue weighted by atomic mass is 10.1. The van der Waals surface area contributed by atoms with E-state index in [9.17, 15) is 4.39 Å². The lowest BCUT2D eigenvalue weighted by Crippen LogP contribution is -2.49. The molecule has 1 aromatic carbocycles. The molecule has 1 atom stereocenters. The minimum absolute atomic E-state index is 0.156. The summed E-state index contributed by atoms with van der Waals surface area (Å²) in [7, 11) is 1.60. The molecule has 94 valence electrons. The third-order valence-electron chi connectivity index (χ3n) is 3.27. The van der Waals surface area contributed by atoms with Gasteiger partial charge in [0.1, 0.15) is 11.6 Å². The molecule has 1 N–H and O–H groups in total. The molecule has 1 fully saturated rings. The van der Waals surface area contributed by atoms with Crippen LogP contribution in [0.1, 0.15) is 12.5 Å². The van der Waals surface area contributed by atoms with Gasteiger partial charge in [0.15, 0.2) is 0 Å². The highest BCUT2D eigenvalue weighted by Gasteiger charge is 2.19. The molecular weight excluding hydrogens is 219 g/mol. The zero-order valence-corrected chi connectivity index (χ0v) is 10.4. The number of benzene rings is 1. The van der Waals surface area contributed by atoms with Gasteiger partial charge in [-0.1, -0.05) is 0 Å². The highest BCUT2D eigenvalue weighted by molar-refractivity contribution is 5.29. The number of nitrogens with zero attached hydrogens (tertiary/aromatic N) is 1. The molecule has 0 spiro atoms. The Labute approximate surface area is 102 Å². The molecule has 1 saturated heterocycles. The average molecular weight is 238 g/mol. The minimum atomic E-state index is -0.156. The molecule has 0 radical (unpaired) electrons. The summed E-state index contributed by atoms with van der Waals surface area (Å²) < 4.78 is 18.8. The predicted molar refractivity (Wildman–Crippen MR) is 65.7 cm³/mol. The van der Waals surface area contributed by atoms with Crippen molar-refractivity contribution in [3.8, 4) is 5.75 Å². The van der Waals surface area contributed by atoms with E-state index in [1.807, 2.05) is 0 Å². The van der Waals surface area contributed by atoms with Gasteiger partial charge in [0.25, 0.3) is 0 Å². The number of ether oxygens (including phenoxy) is 1. The number of halogens is 1. The van der Waals surface area contributed by atoms with E-state index in [1.165, 1.54) is 6.07 Å². The second-order valence-electron chi connectivity index (χ2n) is 4.48. The third-order valence-corrected chi connectivity index (χ3v) is 3.27. The van der Waals surface area contributed by atoms with Crippen LogP contribution in [0.4, 0.5) is 4.39 Å². The number of nitrogens with one attached hydrogen (secondary N) is 1. The van der Waals surface area contributed by atoms with Crippen LogP contribution in [-0.4, -0.2) is 37.7 Å². The van der Waals surface area contributed by atoms with Crippen LogP contribution in [0.2, 0.25) is 0 Å². The Hall–Kier alpha value is -1.13. The van der Waals surface area contributed by atoms with Crippen molar-refractivity contribution >= 4 is 0 Å². The zero-order valence-electron chi connectivity index (χ0n) is 10.4. The maximum atomic E-state index is 13.7. The van der Waals surface area contributed by atoms with Gasteiger partial charge in [-0.3, -0.25) is 4.90 Å². The first kappa shape index (κ1) is 12.3. The van der Waals surface area contributed by atoms with Crippen molar-refractivity contribution in [2.24, 2.45) is 0 Å². The fourth-order valence-corrected chi connectivity index (χ4v) is 2.14. The van der Waals surface area contributed by atoms with Crippen molar-refractivity contribution in [2.45, 2.75) is 19.5 Å². The van der Waals surface area contributed by atoms with Gasteiger partial charge < -0.3 is 10.1 Å². The molecule has 3 nitrogen and oxygen atoms in total. The molecular formula is C13H19FN2O. The van der Waals surface area contributed by atoms with E-state index < -0.39 is 0 Å². The van der Waals surface area contributed by atoms with Gasteiger partial charge in [0, 0.05) is 37.8 Å². The van der Waals surface area contributed by atoms with Gasteiger partial charge in [-0.05, 0) is 25.1 Å². The van der Waals surface area contributed by atoms with Crippen molar-refractivity contribution in [3.63, 3.8) is 0 Å². The van der Waals surface area contributed by atoms with Crippen LogP contribution in [-0.2, 0) is 6.54 Å². The first-order valence-corrected chi connectivity index (χ1v) is 5.98. The summed E-state index contributed by atoms with van der Waals surface area (Å²) in [6.07, 6.45) is 0. The molecule has 0 amide bonds. The highest BCUT2D eigenvalue weighted by Crippen LogP contribution is 2.19. The largest absolute Gasteiger partial charge is 0.497 e. The smallest absolute Gasteiger partial charge is 0.127 e. The minimum Gasteiger partial charge on any atom is -0.497 e. The van der Waals surface area contributed by atoms with Crippen LogP contribution in [0.25, 0.3) is 0 Å². The predicted octanol–water partition coefficient (Wildman–Crippen LogP) is 1.63. The summed E-state index contributed by atoms with van der Waals surface area (Å²) in [5.74, 6) is 0.556. The molecule has 17 heavy (non-hydrogen) atoms. The summed E-state index contributed by atoms with van der Waals surface area (Å²) in [6, 6.07) is 5.35. The quantitative estimate of drug-likeness (QED) is 0.866. The molecule has 2 rings (SSSR count). The molecule has 0 aliphatic carbocycles. The molecule has 0 saturated carbocycles. The Kier molecular flexibility index (Phi) is 3.97. The van der Waals surface area contributed by atoms with E-state index in [-0.39, 0.29) is 5.82 Å². The average Bonchev–Trinajstić information content (AvgIpc) is 2.35. The van der Waals surface area contributed by atoms with Gasteiger partial charge >= 0.3 is 0 Å². The van der Waals surface area contributed by atoms with E-state index in [2.05, 4.69) is 17.1 Å². The topological polar surface area (TPSA) is 24.5 Å². The van der Waals surface area contributed by atoms with Crippen molar-refractivity contribution < 1.29 is 9.13 Å². The van der Waals surface area contributed by atoms with Crippen LogP contribution in [0.3, 0.4) is 0 Å². The van der Waals surface area contributed by atoms with E-state index in [0.717, 1.165) is 19.6 Å². The summed E-state index contributed by atoms with van der Waals surface area (Å²) in [5, 5.41) is 3.33. The van der Waals surface area contributed by atoms with Gasteiger partial charge in [0.05, 0.1) is 7.11 Å². The summed E-state index contributed by atoms with van der Waals surface area (Å²) in [5.41, 5.74) is 0.707. The van der Waals surface area contributed by atoms with Crippen molar-refractivity contribution in [2.75, 3.05) is 26.7 Å². The molecule has 0 aromatic heterocycles. The monoisotopic (exact) mass is 238 g/mol. The maximum Gasteiger partial charge on any atom is 0.127 e. The lowest BCUT2D eigenvalue weighted by molar-refractivity contribution is 0.163. The van der Waals surface area contributed by atoms with Gasteiger partial charge in [-0.15, -0.1) is 0 Å². The standard InChI is InChI=1S/C13H19FN2O/c1-10-8-15-5-6-16(10)9-11-7-12(17-2)3-4-13(11)14/h3-4,7,10,15H,5-6,8-9H2,1-2H3. The van der Waals surface area contributed by atoms with Crippen LogP contribution in [0.15, 0.2) is 18.2 Å². The van der Waals surface area contributed by atoms with Gasteiger partial charge in [0.2, 0.25) is 0 Å². The lowest BCUT2D eigenvalue weighted by Gasteiger charge is -2.34. The fourth-order valence-electron chi connectivity index (χ4n) is 2.14. The Morgan fingerprint density at radius 2 is 2.35 bits per heavy atom. The maximum absolute atomic E-state index is 13.7. The van der Waals surface area contributed by atoms with E-state index in [4.69, 9.17) is 4.74 Å². The van der Waals surface area contributed by atoms with Crippen LogP contribution in [0.5, 0.6) is 5.75 Å². The molecule has 1 aliphatic rings. The third kappa shape index (κ3) is 2.96. The van der Waals surface area contributed by atoms with Crippen molar-refractivity contribution in [1.29, 1.82) is 0 Å². The molecule has 4 heteroatoms. The van der Waals surface area contributed by atoms with Crippen molar-refractivity contribution in [3.05, 3.63) is 29.6 Å². The van der Waals surface area contributed by atoms with E-state index in [1.54, 1.807) is 19.2 Å². The fraction of sp³-hybridized carbons (Fsp3) is 0.538. The molecule has 1 aromatic rings. The Morgan fingerprint density at radius 3 is 3.06 bits per heavy atom. The molecule has 1 heterocycles. The highest BCUT2D eigenvalue weighted by atomic mass is 19.1. The van der Waals surface area contributed by atoms with Gasteiger partial charge in [-0.2, -0.15) is 0 Å². The Morgan fingerprint density at radius 1 is 1.53 bits per heavy atom. The normalized spacial score (nSPS) is 21.5. The van der Waals surface area contributed by atoms with Gasteiger partial charge in [-0.25, -0.2) is 4.39 Å². The Balaban J connectivity index is 2.11. The second kappa shape index (κ2) is 5.47. The number of hydrogen-bond donors (Lipinski definition) is 1. The first-order valence-electron chi connectivity index (χ1n) is 5.98. The van der Waals surface area contributed by atoms with Crippen LogP contribution in [0, 0.1) is 5.82 Å². The summed E-state index contributed by atoms with van der Waals surface area (Å²) in [4.78, 5) is 2.29. The number of rotatable bonds is 3. The summed E-state index contributed by atoms with van der Waals surface area (Å²) >= 11 is 0. The van der Waals surface area contributed by atoms with E-state index in [0.29, 0.717) is 23.9 Å². The second-order valence-corrected chi connectivity index (χ2v) is 4.48. The SMILES string of the molecule is COc1ccc(F)c(CN2CCNCC2C)c1. The first-order chi connectivity index (χ1) is 8.20. The molecule has 1 aliphatic heterocycles. The molecule has 0 bridgehead atoms. The number of methoxy groups -OCH3 is 1. The molecule has 1 unspecified atom stereocenters. The van der Waals surface area contributed by atoms with Crippen LogP contribution >= 0.6 is 0 Å². The van der Waals surface area contributed by atoms with Crippen molar-refractivity contribution in [1.82, 2.24) is 10.2 Å². The Bertz CT molecular complexity index is 384. The number of piperazine rings is 1. The zero-order chi connectivity index (χ0) is 12.3. The van der Waals surface area contributed by atoms with E-state index >= 15 is 0 Å². The number of hydrogen-bond acceptors (Lipinski definition) is 3.